The highest BCUT2D eigenvalue weighted by molar-refractivity contribution is 5.84. The van der Waals surface area contributed by atoms with Gasteiger partial charge in [0.05, 0.1) is 12.0 Å². The van der Waals surface area contributed by atoms with Crippen molar-refractivity contribution in [3.8, 4) is 0 Å². The monoisotopic (exact) mass is 277 g/mol. The second kappa shape index (κ2) is 6.11. The number of nitrogens with zero attached hydrogens (tertiary/aromatic N) is 1. The van der Waals surface area contributed by atoms with Crippen molar-refractivity contribution in [2.24, 2.45) is 22.7 Å². The molecular weight excluding hydrogens is 255 g/mol. The normalized spacial score (nSPS) is 30.6. The van der Waals surface area contributed by atoms with Gasteiger partial charge >= 0.3 is 6.18 Å². The van der Waals surface area contributed by atoms with Crippen LogP contribution in [-0.4, -0.2) is 18.1 Å². The summed E-state index contributed by atoms with van der Waals surface area (Å²) in [5, 5.41) is 0. The lowest BCUT2D eigenvalue weighted by Gasteiger charge is -2.33. The summed E-state index contributed by atoms with van der Waals surface area (Å²) < 4.78 is 39.2. The minimum atomic E-state index is -4.15. The van der Waals surface area contributed by atoms with Gasteiger partial charge in [0.25, 0.3) is 0 Å². The van der Waals surface area contributed by atoms with Crippen molar-refractivity contribution in [1.29, 1.82) is 0 Å². The number of hydrogen-bond acceptors (Lipinski definition) is 2. The smallest absolute Gasteiger partial charge is 0.312 e. The quantitative estimate of drug-likeness (QED) is 0.352. The number of nitrogens with one attached hydrogen (secondary N) is 1. The minimum absolute atomic E-state index is 0.155. The SMILES string of the molecule is NNC(=NC1CCCC1)C1CCCCC1C(F)(F)F. The van der Waals surface area contributed by atoms with Crippen LogP contribution in [0.1, 0.15) is 51.4 Å². The first-order valence-electron chi connectivity index (χ1n) is 7.13. The summed E-state index contributed by atoms with van der Waals surface area (Å²) in [4.78, 5) is 4.46. The van der Waals surface area contributed by atoms with Gasteiger partial charge in [0.1, 0.15) is 5.84 Å². The molecule has 6 heteroatoms. The largest absolute Gasteiger partial charge is 0.392 e. The van der Waals surface area contributed by atoms with E-state index in [0.717, 1.165) is 32.1 Å². The van der Waals surface area contributed by atoms with Crippen LogP contribution in [-0.2, 0) is 0 Å². The Morgan fingerprint density at radius 2 is 1.58 bits per heavy atom. The third-order valence-electron chi connectivity index (χ3n) is 4.33. The fraction of sp³-hybridized carbons (Fsp3) is 0.923. The van der Waals surface area contributed by atoms with E-state index in [1.807, 2.05) is 0 Å². The van der Waals surface area contributed by atoms with Gasteiger partial charge in [-0.15, -0.1) is 0 Å². The number of rotatable bonds is 2. The van der Waals surface area contributed by atoms with E-state index in [9.17, 15) is 13.2 Å². The van der Waals surface area contributed by atoms with Crippen molar-refractivity contribution in [3.05, 3.63) is 0 Å². The third kappa shape index (κ3) is 3.61. The molecule has 19 heavy (non-hydrogen) atoms. The topological polar surface area (TPSA) is 50.4 Å². The Morgan fingerprint density at radius 3 is 2.16 bits per heavy atom. The van der Waals surface area contributed by atoms with Crippen LogP contribution >= 0.6 is 0 Å². The molecule has 3 N–H and O–H groups in total. The molecule has 2 aliphatic carbocycles. The van der Waals surface area contributed by atoms with Crippen LogP contribution in [0.2, 0.25) is 0 Å². The van der Waals surface area contributed by atoms with E-state index in [1.54, 1.807) is 0 Å². The summed E-state index contributed by atoms with van der Waals surface area (Å²) in [6.07, 6.45) is 2.18. The molecule has 0 radical (unpaired) electrons. The fourth-order valence-electron chi connectivity index (χ4n) is 3.32. The molecule has 2 aliphatic rings. The first-order chi connectivity index (χ1) is 9.02. The van der Waals surface area contributed by atoms with E-state index in [4.69, 9.17) is 5.84 Å². The molecule has 0 amide bonds. The minimum Gasteiger partial charge on any atom is -0.312 e. The highest BCUT2D eigenvalue weighted by Crippen LogP contribution is 2.42. The molecule has 2 rings (SSSR count). The van der Waals surface area contributed by atoms with Gasteiger partial charge in [-0.05, 0) is 25.7 Å². The second-order valence-electron chi connectivity index (χ2n) is 5.64. The molecule has 2 fully saturated rings. The Balaban J connectivity index is 2.14. The molecule has 0 spiro atoms. The Bertz CT molecular complexity index is 322. The van der Waals surface area contributed by atoms with Crippen LogP contribution in [0.5, 0.6) is 0 Å². The van der Waals surface area contributed by atoms with Gasteiger partial charge in [0, 0.05) is 5.92 Å². The first-order valence-corrected chi connectivity index (χ1v) is 7.13. The van der Waals surface area contributed by atoms with Crippen molar-refractivity contribution in [2.45, 2.75) is 63.6 Å². The van der Waals surface area contributed by atoms with Crippen LogP contribution < -0.4 is 11.3 Å². The van der Waals surface area contributed by atoms with Gasteiger partial charge < -0.3 is 5.43 Å². The van der Waals surface area contributed by atoms with E-state index in [2.05, 4.69) is 10.4 Å². The number of halogens is 3. The molecule has 0 bridgehead atoms. The Labute approximate surface area is 111 Å². The van der Waals surface area contributed by atoms with E-state index in [1.165, 1.54) is 0 Å². The maximum atomic E-state index is 13.1. The van der Waals surface area contributed by atoms with E-state index < -0.39 is 18.0 Å². The lowest BCUT2D eigenvalue weighted by atomic mass is 9.78. The Hall–Kier alpha value is -0.780. The molecular formula is C13H22F3N3. The summed E-state index contributed by atoms with van der Waals surface area (Å²) in [6.45, 7) is 0. The molecule has 0 saturated heterocycles. The van der Waals surface area contributed by atoms with Crippen molar-refractivity contribution in [1.82, 2.24) is 5.43 Å². The van der Waals surface area contributed by atoms with Gasteiger partial charge in [-0.3, -0.25) is 4.99 Å². The molecule has 2 unspecified atom stereocenters. The van der Waals surface area contributed by atoms with Crippen LogP contribution in [0, 0.1) is 11.8 Å². The summed E-state index contributed by atoms with van der Waals surface area (Å²) >= 11 is 0. The van der Waals surface area contributed by atoms with Crippen LogP contribution in [0.15, 0.2) is 4.99 Å². The standard InChI is InChI=1S/C13H22F3N3/c14-13(15,16)11-8-4-3-7-10(11)12(19-17)18-9-5-1-2-6-9/h9-11H,1-8,17H2,(H,18,19). The van der Waals surface area contributed by atoms with Gasteiger partial charge in [-0.1, -0.05) is 25.7 Å². The number of aliphatic imine (C=N–C) groups is 1. The third-order valence-corrected chi connectivity index (χ3v) is 4.33. The van der Waals surface area contributed by atoms with Crippen LogP contribution in [0.4, 0.5) is 13.2 Å². The molecule has 0 aromatic rings. The highest BCUT2D eigenvalue weighted by Gasteiger charge is 2.47. The summed E-state index contributed by atoms with van der Waals surface area (Å²) in [7, 11) is 0. The van der Waals surface area contributed by atoms with Gasteiger partial charge in [-0.2, -0.15) is 13.2 Å². The predicted octanol–water partition coefficient (Wildman–Crippen LogP) is 3.16. The number of alkyl halides is 3. The Morgan fingerprint density at radius 1 is 1.00 bits per heavy atom. The zero-order valence-electron chi connectivity index (χ0n) is 11.0. The fourth-order valence-corrected chi connectivity index (χ4v) is 3.32. The molecule has 110 valence electrons. The molecule has 0 aromatic heterocycles. The zero-order valence-corrected chi connectivity index (χ0v) is 11.0. The van der Waals surface area contributed by atoms with Gasteiger partial charge in [-0.25, -0.2) is 5.84 Å². The second-order valence-corrected chi connectivity index (χ2v) is 5.64. The lowest BCUT2D eigenvalue weighted by molar-refractivity contribution is -0.189. The van der Waals surface area contributed by atoms with E-state index in [-0.39, 0.29) is 12.5 Å². The van der Waals surface area contributed by atoms with Gasteiger partial charge in [0.2, 0.25) is 0 Å². The first kappa shape index (κ1) is 14.6. The van der Waals surface area contributed by atoms with E-state index >= 15 is 0 Å². The maximum absolute atomic E-state index is 13.1. The summed E-state index contributed by atoms with van der Waals surface area (Å²) in [5.41, 5.74) is 2.45. The van der Waals surface area contributed by atoms with Gasteiger partial charge in [0.15, 0.2) is 0 Å². The summed E-state index contributed by atoms with van der Waals surface area (Å²) in [6, 6.07) is 0.155. The zero-order chi connectivity index (χ0) is 13.9. The maximum Gasteiger partial charge on any atom is 0.392 e. The predicted molar refractivity (Wildman–Crippen MR) is 68.5 cm³/mol. The number of hydrogen-bond donors (Lipinski definition) is 2. The molecule has 0 aromatic carbocycles. The number of hydrazine groups is 1. The summed E-state index contributed by atoms with van der Waals surface area (Å²) in [5.74, 6) is 3.93. The Kier molecular flexibility index (Phi) is 4.71. The lowest BCUT2D eigenvalue weighted by Crippen LogP contribution is -2.45. The molecule has 0 aliphatic heterocycles. The average molecular weight is 277 g/mol. The van der Waals surface area contributed by atoms with Crippen LogP contribution in [0.25, 0.3) is 0 Å². The molecule has 3 nitrogen and oxygen atoms in total. The molecule has 0 heterocycles. The highest BCUT2D eigenvalue weighted by atomic mass is 19.4. The van der Waals surface area contributed by atoms with E-state index in [0.29, 0.717) is 18.7 Å². The molecule has 2 atom stereocenters. The number of nitrogens with two attached hydrogens (primary N) is 1. The van der Waals surface area contributed by atoms with Crippen molar-refractivity contribution >= 4 is 5.84 Å². The average Bonchev–Trinajstić information content (AvgIpc) is 2.88. The van der Waals surface area contributed by atoms with Crippen molar-refractivity contribution in [2.75, 3.05) is 0 Å². The van der Waals surface area contributed by atoms with Crippen molar-refractivity contribution < 1.29 is 13.2 Å². The number of amidine groups is 1. The molecule has 2 saturated carbocycles. The van der Waals surface area contributed by atoms with Crippen molar-refractivity contribution in [3.63, 3.8) is 0 Å². The van der Waals surface area contributed by atoms with Crippen LogP contribution in [0.3, 0.4) is 0 Å².